The summed E-state index contributed by atoms with van der Waals surface area (Å²) in [6, 6.07) is 61.4. The summed E-state index contributed by atoms with van der Waals surface area (Å²) < 4.78 is 0. The van der Waals surface area contributed by atoms with Crippen molar-refractivity contribution in [1.82, 2.24) is 0 Å². The zero-order valence-corrected chi connectivity index (χ0v) is 34.0. The highest BCUT2D eigenvalue weighted by molar-refractivity contribution is 6.20. The van der Waals surface area contributed by atoms with Crippen molar-refractivity contribution in [2.24, 2.45) is 11.8 Å². The summed E-state index contributed by atoms with van der Waals surface area (Å²) in [7, 11) is 2.11. The van der Waals surface area contributed by atoms with Crippen LogP contribution >= 0.6 is 0 Å². The minimum absolute atomic E-state index is 0.540. The van der Waals surface area contributed by atoms with Crippen LogP contribution in [0, 0.1) is 11.8 Å². The summed E-state index contributed by atoms with van der Waals surface area (Å²) >= 11 is 0. The van der Waals surface area contributed by atoms with Gasteiger partial charge < -0.3 is 4.90 Å². The van der Waals surface area contributed by atoms with Crippen LogP contribution in [0.5, 0.6) is 0 Å². The number of nitrogens with zero attached hydrogens (tertiary/aromatic N) is 1. The number of benzene rings is 8. The van der Waals surface area contributed by atoms with Gasteiger partial charge >= 0.3 is 0 Å². The molecule has 0 radical (unpaired) electrons. The summed E-state index contributed by atoms with van der Waals surface area (Å²) in [5.74, 6) is 2.00. The second-order valence-electron chi connectivity index (χ2n) is 15.8. The lowest BCUT2D eigenvalue weighted by Crippen LogP contribution is -2.09. The molecule has 0 heterocycles. The molecule has 1 saturated carbocycles. The minimum Gasteiger partial charge on any atom is -0.344 e. The second kappa shape index (κ2) is 16.9. The van der Waals surface area contributed by atoms with E-state index < -0.39 is 0 Å². The fourth-order valence-electron chi connectivity index (χ4n) is 8.27. The molecule has 0 N–H and O–H groups in total. The molecule has 0 amide bonds. The first-order valence-corrected chi connectivity index (χ1v) is 20.8. The maximum absolute atomic E-state index is 2.53. The van der Waals surface area contributed by atoms with Crippen molar-refractivity contribution >= 4 is 49.3 Å². The summed E-state index contributed by atoms with van der Waals surface area (Å²) in [4.78, 5) is 2.22. The number of para-hydroxylation sites is 1. The second-order valence-corrected chi connectivity index (χ2v) is 15.8. The van der Waals surface area contributed by atoms with Crippen LogP contribution < -0.4 is 4.90 Å². The molecule has 2 aliphatic rings. The highest BCUT2D eigenvalue weighted by Crippen LogP contribution is 2.49. The third kappa shape index (κ3) is 7.94. The Morgan fingerprint density at radius 3 is 1.79 bits per heavy atom. The van der Waals surface area contributed by atoms with Gasteiger partial charge in [-0.25, -0.2) is 0 Å². The standard InChI is InChI=1S/C36H30.C17H15N.C3H8/c1-23(2)24-12-14-25(15-13-24)28-18-19-33-34(22-28)36(29-17-16-27-20-30(27)21-29)32-11-7-6-10-31(32)35(33)26-8-4-3-5-9-26;1-18(15-10-3-2-4-11-15)17-13-7-9-14-8-5-6-12-16(14)17;1-3-2/h3-19,21-23,27,30H,20H2,1-2H3;2-13H,1H3;3H2,1-2H3. The molecule has 0 aliphatic heterocycles. The van der Waals surface area contributed by atoms with Gasteiger partial charge in [0.05, 0.1) is 0 Å². The number of fused-ring (bicyclic) bond motifs is 4. The number of hydrogen-bond donors (Lipinski definition) is 0. The van der Waals surface area contributed by atoms with Crippen LogP contribution in [-0.4, -0.2) is 7.05 Å². The molecule has 0 bridgehead atoms. The third-order valence-electron chi connectivity index (χ3n) is 11.4. The normalized spacial score (nSPS) is 15.3. The summed E-state index contributed by atoms with van der Waals surface area (Å²) in [5.41, 5.74) is 11.7. The molecule has 1 fully saturated rings. The number of allylic oxidation sites excluding steroid dienone is 4. The maximum atomic E-state index is 2.53. The molecular weight excluding hydrogens is 687 g/mol. The van der Waals surface area contributed by atoms with Crippen LogP contribution in [0.2, 0.25) is 0 Å². The molecule has 2 aliphatic carbocycles. The summed E-state index contributed by atoms with van der Waals surface area (Å²) in [5, 5.41) is 7.89. The smallest absolute Gasteiger partial charge is 0.0487 e. The Morgan fingerprint density at radius 1 is 0.526 bits per heavy atom. The van der Waals surface area contributed by atoms with Crippen molar-refractivity contribution in [2.45, 2.75) is 46.5 Å². The Morgan fingerprint density at radius 2 is 1.11 bits per heavy atom. The van der Waals surface area contributed by atoms with E-state index in [2.05, 4.69) is 222 Å². The van der Waals surface area contributed by atoms with E-state index in [9.17, 15) is 0 Å². The molecule has 0 saturated heterocycles. The van der Waals surface area contributed by atoms with E-state index in [4.69, 9.17) is 0 Å². The first-order chi connectivity index (χ1) is 27.9. The predicted octanol–water partition coefficient (Wildman–Crippen LogP) is 16.1. The zero-order chi connectivity index (χ0) is 39.3. The largest absolute Gasteiger partial charge is 0.344 e. The fourth-order valence-corrected chi connectivity index (χ4v) is 8.27. The van der Waals surface area contributed by atoms with Crippen molar-refractivity contribution < 1.29 is 0 Å². The van der Waals surface area contributed by atoms with Gasteiger partial charge in [0, 0.05) is 23.8 Å². The summed E-state index contributed by atoms with van der Waals surface area (Å²) in [6.45, 7) is 8.76. The Hall–Kier alpha value is -6.18. The SMILES string of the molecule is CC(C)c1ccc(-c2ccc3c(-c4ccccc4)c4ccccc4c(C4=CC5CC5C=C4)c3c2)cc1.CCC.CN(c1ccccc1)c1cccc2ccccc12. The van der Waals surface area contributed by atoms with E-state index in [1.54, 1.807) is 0 Å². The number of rotatable bonds is 6. The van der Waals surface area contributed by atoms with Gasteiger partial charge in [-0.3, -0.25) is 0 Å². The molecule has 2 unspecified atom stereocenters. The molecule has 1 heteroatoms. The van der Waals surface area contributed by atoms with Crippen molar-refractivity contribution in [3.8, 4) is 22.3 Å². The van der Waals surface area contributed by atoms with Crippen LogP contribution in [0.15, 0.2) is 188 Å². The highest BCUT2D eigenvalue weighted by atomic mass is 15.1. The lowest BCUT2D eigenvalue weighted by atomic mass is 9.83. The van der Waals surface area contributed by atoms with Crippen molar-refractivity contribution in [2.75, 3.05) is 11.9 Å². The topological polar surface area (TPSA) is 3.24 Å². The van der Waals surface area contributed by atoms with Crippen molar-refractivity contribution in [3.05, 3.63) is 199 Å². The van der Waals surface area contributed by atoms with Crippen LogP contribution in [0.25, 0.3) is 60.1 Å². The van der Waals surface area contributed by atoms with E-state index >= 15 is 0 Å². The lowest BCUT2D eigenvalue weighted by Gasteiger charge is -2.21. The van der Waals surface area contributed by atoms with Crippen LogP contribution in [0.4, 0.5) is 11.4 Å². The number of hydrogen-bond acceptors (Lipinski definition) is 1. The monoisotopic (exact) mass is 739 g/mol. The van der Waals surface area contributed by atoms with Gasteiger partial charge in [0.1, 0.15) is 0 Å². The highest BCUT2D eigenvalue weighted by Gasteiger charge is 2.35. The van der Waals surface area contributed by atoms with Gasteiger partial charge in [-0.1, -0.05) is 198 Å². The average Bonchev–Trinajstić information content (AvgIpc) is 4.05. The molecule has 57 heavy (non-hydrogen) atoms. The number of anilines is 2. The molecule has 0 spiro atoms. The zero-order valence-electron chi connectivity index (χ0n) is 34.0. The quantitative estimate of drug-likeness (QED) is 0.154. The molecule has 8 aromatic rings. The Kier molecular flexibility index (Phi) is 11.2. The Balaban J connectivity index is 0.000000181. The van der Waals surface area contributed by atoms with E-state index in [0.717, 1.165) is 5.92 Å². The van der Waals surface area contributed by atoms with Gasteiger partial charge in [0.25, 0.3) is 0 Å². The average molecular weight is 740 g/mol. The lowest BCUT2D eigenvalue weighted by molar-refractivity contribution is 0.867. The van der Waals surface area contributed by atoms with Gasteiger partial charge in [0.15, 0.2) is 0 Å². The van der Waals surface area contributed by atoms with Gasteiger partial charge in [-0.15, -0.1) is 0 Å². The molecule has 1 nitrogen and oxygen atoms in total. The molecule has 8 aromatic carbocycles. The van der Waals surface area contributed by atoms with Gasteiger partial charge in [-0.05, 0) is 114 Å². The third-order valence-corrected chi connectivity index (χ3v) is 11.4. The first-order valence-electron chi connectivity index (χ1n) is 20.8. The maximum Gasteiger partial charge on any atom is 0.0487 e. The Bertz CT molecular complexity index is 2680. The van der Waals surface area contributed by atoms with E-state index in [-0.39, 0.29) is 0 Å². The molecular formula is C56H53N. The van der Waals surface area contributed by atoms with Crippen LogP contribution in [-0.2, 0) is 0 Å². The minimum atomic E-state index is 0.540. The Labute approximate surface area is 339 Å². The molecule has 282 valence electrons. The first kappa shape index (κ1) is 37.7. The molecule has 2 atom stereocenters. The fraction of sp³-hybridized carbons (Fsp3) is 0.179. The van der Waals surface area contributed by atoms with E-state index in [1.165, 1.54) is 95.5 Å². The van der Waals surface area contributed by atoms with Gasteiger partial charge in [-0.2, -0.15) is 0 Å². The summed E-state index contributed by atoms with van der Waals surface area (Å²) in [6.07, 6.45) is 9.88. The van der Waals surface area contributed by atoms with Crippen molar-refractivity contribution in [3.63, 3.8) is 0 Å². The van der Waals surface area contributed by atoms with E-state index in [1.807, 2.05) is 6.07 Å². The van der Waals surface area contributed by atoms with Crippen LogP contribution in [0.3, 0.4) is 0 Å². The van der Waals surface area contributed by atoms with Crippen LogP contribution in [0.1, 0.15) is 57.6 Å². The molecule has 10 rings (SSSR count). The van der Waals surface area contributed by atoms with E-state index in [0.29, 0.717) is 11.8 Å². The van der Waals surface area contributed by atoms with Gasteiger partial charge in [0.2, 0.25) is 0 Å². The van der Waals surface area contributed by atoms with Crippen molar-refractivity contribution in [1.29, 1.82) is 0 Å². The predicted molar refractivity (Wildman–Crippen MR) is 250 cm³/mol. The molecule has 0 aromatic heterocycles.